The molecule has 0 saturated heterocycles. The highest BCUT2D eigenvalue weighted by Crippen LogP contribution is 2.23. The highest BCUT2D eigenvalue weighted by molar-refractivity contribution is 7.99. The van der Waals surface area contributed by atoms with E-state index in [-0.39, 0.29) is 5.91 Å². The summed E-state index contributed by atoms with van der Waals surface area (Å²) in [6.07, 6.45) is 3.48. The summed E-state index contributed by atoms with van der Waals surface area (Å²) in [4.78, 5) is 13.4. The average Bonchev–Trinajstić information content (AvgIpc) is 3.03. The second-order valence-electron chi connectivity index (χ2n) is 6.76. The molecule has 1 aromatic heterocycles. The molecule has 136 valence electrons. The molecule has 0 aliphatic carbocycles. The van der Waals surface area contributed by atoms with Crippen molar-refractivity contribution in [2.75, 3.05) is 6.54 Å². The van der Waals surface area contributed by atoms with Gasteiger partial charge >= 0.3 is 0 Å². The number of nitrogens with zero attached hydrogens (tertiary/aromatic N) is 1. The highest BCUT2D eigenvalue weighted by atomic mass is 32.2. The van der Waals surface area contributed by atoms with Gasteiger partial charge in [0.2, 0.25) is 5.91 Å². The van der Waals surface area contributed by atoms with Crippen molar-refractivity contribution in [2.24, 2.45) is 0 Å². The summed E-state index contributed by atoms with van der Waals surface area (Å²) in [6, 6.07) is 18.8. The Bertz CT molecular complexity index is 852. The topological polar surface area (TPSA) is 34.0 Å². The van der Waals surface area contributed by atoms with Crippen molar-refractivity contribution in [1.82, 2.24) is 9.88 Å². The van der Waals surface area contributed by atoms with Crippen molar-refractivity contribution in [3.63, 3.8) is 0 Å². The lowest BCUT2D eigenvalue weighted by atomic mass is 10.1. The van der Waals surface area contributed by atoms with Gasteiger partial charge in [-0.1, -0.05) is 44.2 Å². The van der Waals surface area contributed by atoms with Gasteiger partial charge in [0.1, 0.15) is 0 Å². The van der Waals surface area contributed by atoms with Crippen LogP contribution in [0.15, 0.2) is 65.7 Å². The van der Waals surface area contributed by atoms with E-state index in [9.17, 15) is 4.79 Å². The van der Waals surface area contributed by atoms with Gasteiger partial charge < -0.3 is 9.88 Å². The van der Waals surface area contributed by atoms with Gasteiger partial charge in [-0.3, -0.25) is 4.79 Å². The van der Waals surface area contributed by atoms with Gasteiger partial charge in [0.25, 0.3) is 0 Å². The number of hydrogen-bond acceptors (Lipinski definition) is 2. The fourth-order valence-electron chi connectivity index (χ4n) is 3.02. The van der Waals surface area contributed by atoms with Gasteiger partial charge in [-0.15, -0.1) is 11.8 Å². The molecule has 0 unspecified atom stereocenters. The van der Waals surface area contributed by atoms with E-state index in [0.29, 0.717) is 18.2 Å². The van der Waals surface area contributed by atoms with Crippen LogP contribution < -0.4 is 5.32 Å². The van der Waals surface area contributed by atoms with E-state index < -0.39 is 0 Å². The minimum Gasteiger partial charge on any atom is -0.356 e. The third-order valence-corrected chi connectivity index (χ3v) is 5.25. The van der Waals surface area contributed by atoms with E-state index in [1.165, 1.54) is 15.8 Å². The molecule has 0 bridgehead atoms. The van der Waals surface area contributed by atoms with Gasteiger partial charge in [0.15, 0.2) is 0 Å². The maximum absolute atomic E-state index is 12.1. The molecule has 3 rings (SSSR count). The SMILES string of the molecule is CC(C)Sc1ccc(CC(=O)NCCCn2ccc3ccccc32)cc1. The number of aromatic nitrogens is 1. The zero-order chi connectivity index (χ0) is 18.4. The number of hydrogen-bond donors (Lipinski definition) is 1. The number of rotatable bonds is 8. The number of nitrogens with one attached hydrogen (secondary N) is 1. The van der Waals surface area contributed by atoms with E-state index >= 15 is 0 Å². The predicted octanol–water partition coefficient (Wildman–Crippen LogP) is 4.89. The Labute approximate surface area is 159 Å². The number of thioether (sulfide) groups is 1. The van der Waals surface area contributed by atoms with E-state index in [1.54, 1.807) is 0 Å². The first kappa shape index (κ1) is 18.6. The molecule has 26 heavy (non-hydrogen) atoms. The molecule has 0 aliphatic rings. The Morgan fingerprint density at radius 2 is 1.85 bits per heavy atom. The Balaban J connectivity index is 1.41. The van der Waals surface area contributed by atoms with Crippen LogP contribution in [-0.4, -0.2) is 22.3 Å². The third kappa shape index (κ3) is 5.15. The van der Waals surface area contributed by atoms with Gasteiger partial charge in [0.05, 0.1) is 6.42 Å². The summed E-state index contributed by atoms with van der Waals surface area (Å²) in [5.74, 6) is 0.0895. The Kier molecular flexibility index (Phi) is 6.40. The number of amides is 1. The van der Waals surface area contributed by atoms with Crippen LogP contribution in [0.5, 0.6) is 0 Å². The molecule has 0 fully saturated rings. The molecule has 1 amide bonds. The monoisotopic (exact) mass is 366 g/mol. The normalized spacial score (nSPS) is 11.2. The smallest absolute Gasteiger partial charge is 0.224 e. The number of carbonyl (C=O) groups excluding carboxylic acids is 1. The maximum atomic E-state index is 12.1. The molecule has 1 N–H and O–H groups in total. The van der Waals surface area contributed by atoms with Crippen LogP contribution in [0.4, 0.5) is 0 Å². The minimum atomic E-state index is 0.0895. The van der Waals surface area contributed by atoms with Crippen molar-refractivity contribution >= 4 is 28.6 Å². The number of benzene rings is 2. The first-order chi connectivity index (χ1) is 12.6. The van der Waals surface area contributed by atoms with Crippen molar-refractivity contribution < 1.29 is 4.79 Å². The van der Waals surface area contributed by atoms with Gasteiger partial charge in [0, 0.05) is 34.9 Å². The molecule has 1 heterocycles. The van der Waals surface area contributed by atoms with Crippen LogP contribution in [0, 0.1) is 0 Å². The standard InChI is InChI=1S/C22H26N2OS/c1-17(2)26-20-10-8-18(9-11-20)16-22(25)23-13-5-14-24-15-12-19-6-3-4-7-21(19)24/h3-4,6-12,15,17H,5,13-14,16H2,1-2H3,(H,23,25). The van der Waals surface area contributed by atoms with Crippen LogP contribution in [0.3, 0.4) is 0 Å². The Morgan fingerprint density at radius 3 is 2.62 bits per heavy atom. The van der Waals surface area contributed by atoms with Gasteiger partial charge in [-0.25, -0.2) is 0 Å². The zero-order valence-corrected chi connectivity index (χ0v) is 16.3. The van der Waals surface area contributed by atoms with Crippen LogP contribution >= 0.6 is 11.8 Å². The first-order valence-electron chi connectivity index (χ1n) is 9.18. The van der Waals surface area contributed by atoms with Crippen molar-refractivity contribution in [3.8, 4) is 0 Å². The molecular weight excluding hydrogens is 340 g/mol. The average molecular weight is 367 g/mol. The number of carbonyl (C=O) groups is 1. The van der Waals surface area contributed by atoms with Crippen LogP contribution in [-0.2, 0) is 17.8 Å². The molecule has 3 aromatic rings. The summed E-state index contributed by atoms with van der Waals surface area (Å²) < 4.78 is 2.24. The van der Waals surface area contributed by atoms with Crippen molar-refractivity contribution in [2.45, 2.75) is 43.4 Å². The molecule has 0 saturated carbocycles. The molecule has 0 radical (unpaired) electrons. The number of para-hydroxylation sites is 1. The maximum Gasteiger partial charge on any atom is 0.224 e. The second-order valence-corrected chi connectivity index (χ2v) is 8.41. The Morgan fingerprint density at radius 1 is 1.08 bits per heavy atom. The van der Waals surface area contributed by atoms with Gasteiger partial charge in [-0.05, 0) is 41.6 Å². The van der Waals surface area contributed by atoms with Crippen LogP contribution in [0.1, 0.15) is 25.8 Å². The molecule has 0 atom stereocenters. The largest absolute Gasteiger partial charge is 0.356 e. The summed E-state index contributed by atoms with van der Waals surface area (Å²) in [6.45, 7) is 5.98. The summed E-state index contributed by atoms with van der Waals surface area (Å²) >= 11 is 1.84. The number of fused-ring (bicyclic) bond motifs is 1. The molecule has 2 aromatic carbocycles. The van der Waals surface area contributed by atoms with E-state index in [4.69, 9.17) is 0 Å². The van der Waals surface area contributed by atoms with Crippen LogP contribution in [0.2, 0.25) is 0 Å². The van der Waals surface area contributed by atoms with E-state index in [0.717, 1.165) is 18.5 Å². The number of aryl methyl sites for hydroxylation is 1. The lowest BCUT2D eigenvalue weighted by molar-refractivity contribution is -0.120. The van der Waals surface area contributed by atoms with Gasteiger partial charge in [-0.2, -0.15) is 0 Å². The minimum absolute atomic E-state index is 0.0895. The molecule has 3 nitrogen and oxygen atoms in total. The van der Waals surface area contributed by atoms with Crippen molar-refractivity contribution in [1.29, 1.82) is 0 Å². The van der Waals surface area contributed by atoms with E-state index in [1.807, 2.05) is 11.8 Å². The second kappa shape index (κ2) is 8.95. The summed E-state index contributed by atoms with van der Waals surface area (Å²) in [5.41, 5.74) is 2.31. The summed E-state index contributed by atoms with van der Waals surface area (Å²) in [7, 11) is 0. The first-order valence-corrected chi connectivity index (χ1v) is 10.1. The van der Waals surface area contributed by atoms with Crippen LogP contribution in [0.25, 0.3) is 10.9 Å². The molecule has 0 spiro atoms. The molecule has 4 heteroatoms. The fraction of sp³-hybridized carbons (Fsp3) is 0.318. The van der Waals surface area contributed by atoms with Crippen molar-refractivity contribution in [3.05, 3.63) is 66.4 Å². The lowest BCUT2D eigenvalue weighted by Gasteiger charge is -2.08. The predicted molar refractivity (Wildman–Crippen MR) is 111 cm³/mol. The zero-order valence-electron chi connectivity index (χ0n) is 15.4. The van der Waals surface area contributed by atoms with E-state index in [2.05, 4.69) is 84.5 Å². The Hall–Kier alpha value is -2.20. The molecule has 0 aliphatic heterocycles. The third-order valence-electron chi connectivity index (χ3n) is 4.24. The summed E-state index contributed by atoms with van der Waals surface area (Å²) in [5, 5.41) is 4.86. The fourth-order valence-corrected chi connectivity index (χ4v) is 3.86. The quantitative estimate of drug-likeness (QED) is 0.455. The lowest BCUT2D eigenvalue weighted by Crippen LogP contribution is -2.26. The molecular formula is C22H26N2OS. The highest BCUT2D eigenvalue weighted by Gasteiger charge is 2.05.